The summed E-state index contributed by atoms with van der Waals surface area (Å²) in [6, 6.07) is 56.1. The standard InChI is InChI=1S/C48H44O4S/c1-49-29-31-51-33-43-44(34-52-32-30-50-2)48(46-41(37-21-11-5-12-22-37)27-16-28-42(46)38-23-13-6-14-24-38)53-47(43)45-39(35-17-7-3-8-18-35)25-15-26-40(45)36-19-9-4-10-20-36/h3-28H,29-34H2,1-2H3. The van der Waals surface area contributed by atoms with Crippen LogP contribution in [0.2, 0.25) is 0 Å². The van der Waals surface area contributed by atoms with Gasteiger partial charge in [0.2, 0.25) is 0 Å². The summed E-state index contributed by atoms with van der Waals surface area (Å²) in [6.45, 7) is 2.79. The van der Waals surface area contributed by atoms with Gasteiger partial charge in [0.1, 0.15) is 0 Å². The Morgan fingerprint density at radius 1 is 0.358 bits per heavy atom. The van der Waals surface area contributed by atoms with Gasteiger partial charge in [-0.3, -0.25) is 0 Å². The van der Waals surface area contributed by atoms with E-state index >= 15 is 0 Å². The molecule has 0 aliphatic carbocycles. The van der Waals surface area contributed by atoms with Gasteiger partial charge in [-0.25, -0.2) is 0 Å². The Kier molecular flexibility index (Phi) is 12.3. The fourth-order valence-corrected chi connectivity index (χ4v) is 8.33. The molecule has 0 aliphatic heterocycles. The van der Waals surface area contributed by atoms with Crippen molar-refractivity contribution in [3.63, 3.8) is 0 Å². The molecule has 266 valence electrons. The molecule has 0 unspecified atom stereocenters. The first kappa shape index (κ1) is 36.2. The van der Waals surface area contributed by atoms with Crippen molar-refractivity contribution in [2.24, 2.45) is 0 Å². The van der Waals surface area contributed by atoms with Gasteiger partial charge in [0.15, 0.2) is 0 Å². The molecule has 7 rings (SSSR count). The molecule has 4 nitrogen and oxygen atoms in total. The predicted octanol–water partition coefficient (Wildman–Crippen LogP) is 12.1. The molecule has 0 saturated heterocycles. The van der Waals surface area contributed by atoms with Gasteiger partial charge in [-0.15, -0.1) is 11.3 Å². The average molecular weight is 717 g/mol. The minimum atomic E-state index is 0.406. The Labute approximate surface area is 317 Å². The number of hydrogen-bond donors (Lipinski definition) is 0. The van der Waals surface area contributed by atoms with Gasteiger partial charge in [-0.2, -0.15) is 0 Å². The van der Waals surface area contributed by atoms with Crippen LogP contribution in [0, 0.1) is 0 Å². The van der Waals surface area contributed by atoms with Gasteiger partial charge in [0.25, 0.3) is 0 Å². The first-order chi connectivity index (χ1) is 26.3. The zero-order valence-electron chi connectivity index (χ0n) is 30.3. The van der Waals surface area contributed by atoms with Crippen LogP contribution in [0.1, 0.15) is 11.1 Å². The van der Waals surface area contributed by atoms with Crippen LogP contribution in [0.25, 0.3) is 65.4 Å². The fraction of sp³-hybridized carbons (Fsp3) is 0.167. The van der Waals surface area contributed by atoms with Crippen molar-refractivity contribution in [1.82, 2.24) is 0 Å². The minimum absolute atomic E-state index is 0.406. The highest BCUT2D eigenvalue weighted by atomic mass is 32.1. The molecule has 0 N–H and O–H groups in total. The first-order valence-electron chi connectivity index (χ1n) is 18.0. The fourth-order valence-electron chi connectivity index (χ4n) is 6.87. The lowest BCUT2D eigenvalue weighted by atomic mass is 9.87. The highest BCUT2D eigenvalue weighted by Crippen LogP contribution is 2.52. The van der Waals surface area contributed by atoms with Crippen molar-refractivity contribution < 1.29 is 18.9 Å². The molecule has 0 aliphatic rings. The summed E-state index contributed by atoms with van der Waals surface area (Å²) in [4.78, 5) is 2.34. The predicted molar refractivity (Wildman–Crippen MR) is 220 cm³/mol. The Bertz CT molecular complexity index is 1920. The van der Waals surface area contributed by atoms with Gasteiger partial charge in [-0.1, -0.05) is 158 Å². The lowest BCUT2D eigenvalue weighted by Crippen LogP contribution is -2.07. The molecule has 0 atom stereocenters. The summed E-state index contributed by atoms with van der Waals surface area (Å²) in [5.41, 5.74) is 13.9. The average Bonchev–Trinajstić information content (AvgIpc) is 3.58. The summed E-state index contributed by atoms with van der Waals surface area (Å²) < 4.78 is 23.8. The Balaban J connectivity index is 1.57. The first-order valence-corrected chi connectivity index (χ1v) is 18.9. The quantitative estimate of drug-likeness (QED) is 0.0933. The Morgan fingerprint density at radius 3 is 0.943 bits per heavy atom. The minimum Gasteiger partial charge on any atom is -0.382 e. The lowest BCUT2D eigenvalue weighted by molar-refractivity contribution is 0.0539. The lowest BCUT2D eigenvalue weighted by Gasteiger charge is -2.18. The number of rotatable bonds is 16. The van der Waals surface area contributed by atoms with Gasteiger partial charge in [0.05, 0.1) is 39.6 Å². The van der Waals surface area contributed by atoms with E-state index < -0.39 is 0 Å². The van der Waals surface area contributed by atoms with Crippen LogP contribution in [0.15, 0.2) is 158 Å². The molecule has 7 aromatic rings. The molecule has 1 heterocycles. The number of thiophene rings is 1. The zero-order chi connectivity index (χ0) is 36.2. The monoisotopic (exact) mass is 716 g/mol. The van der Waals surface area contributed by atoms with Crippen molar-refractivity contribution in [2.75, 3.05) is 40.6 Å². The molecule has 53 heavy (non-hydrogen) atoms. The third kappa shape index (κ3) is 8.26. The van der Waals surface area contributed by atoms with E-state index in [-0.39, 0.29) is 0 Å². The summed E-state index contributed by atoms with van der Waals surface area (Å²) in [7, 11) is 3.42. The van der Waals surface area contributed by atoms with Crippen LogP contribution in [0.3, 0.4) is 0 Å². The van der Waals surface area contributed by atoms with Crippen LogP contribution in [0.5, 0.6) is 0 Å². The largest absolute Gasteiger partial charge is 0.382 e. The third-order valence-corrected chi connectivity index (χ3v) is 10.7. The second kappa shape index (κ2) is 18.1. The summed E-state index contributed by atoms with van der Waals surface area (Å²) in [6.07, 6.45) is 0. The normalized spacial score (nSPS) is 11.2. The van der Waals surface area contributed by atoms with Crippen molar-refractivity contribution in [2.45, 2.75) is 13.2 Å². The van der Waals surface area contributed by atoms with Crippen molar-refractivity contribution >= 4 is 11.3 Å². The van der Waals surface area contributed by atoms with Crippen molar-refractivity contribution in [1.29, 1.82) is 0 Å². The van der Waals surface area contributed by atoms with E-state index in [1.54, 1.807) is 14.2 Å². The smallest absolute Gasteiger partial charge is 0.0736 e. The Morgan fingerprint density at radius 2 is 0.660 bits per heavy atom. The SMILES string of the molecule is COCCOCc1c(-c2c(-c3ccccc3)cccc2-c2ccccc2)sc(-c2c(-c3ccccc3)cccc2-c2ccccc2)c1COCCOC. The Hall–Kier alpha value is -5.14. The molecule has 0 radical (unpaired) electrons. The molecular formula is C48H44O4S. The number of hydrogen-bond acceptors (Lipinski definition) is 5. The molecule has 5 heteroatoms. The summed E-state index contributed by atoms with van der Waals surface area (Å²) in [5, 5.41) is 0. The van der Waals surface area contributed by atoms with E-state index in [4.69, 9.17) is 18.9 Å². The molecule has 1 aromatic heterocycles. The molecule has 0 bridgehead atoms. The second-order valence-corrected chi connectivity index (χ2v) is 13.7. The molecule has 0 fully saturated rings. The van der Waals surface area contributed by atoms with E-state index in [1.165, 1.54) is 43.1 Å². The highest BCUT2D eigenvalue weighted by Gasteiger charge is 2.28. The summed E-state index contributed by atoms with van der Waals surface area (Å²) >= 11 is 1.83. The van der Waals surface area contributed by atoms with Crippen molar-refractivity contribution in [3.8, 4) is 65.4 Å². The molecular weight excluding hydrogens is 673 g/mol. The number of ether oxygens (including phenoxy) is 4. The number of methoxy groups -OCH3 is 2. The van der Waals surface area contributed by atoms with Crippen LogP contribution < -0.4 is 0 Å². The summed E-state index contributed by atoms with van der Waals surface area (Å²) in [5.74, 6) is 0. The molecule has 0 amide bonds. The van der Waals surface area contributed by atoms with Gasteiger partial charge in [0, 0.05) is 46.2 Å². The van der Waals surface area contributed by atoms with E-state index in [2.05, 4.69) is 158 Å². The molecule has 0 spiro atoms. The van der Waals surface area contributed by atoms with Crippen molar-refractivity contribution in [3.05, 3.63) is 169 Å². The van der Waals surface area contributed by atoms with Gasteiger partial charge in [-0.05, 0) is 44.5 Å². The molecule has 6 aromatic carbocycles. The van der Waals surface area contributed by atoms with Crippen LogP contribution in [-0.2, 0) is 32.2 Å². The van der Waals surface area contributed by atoms with E-state index in [1.807, 2.05) is 11.3 Å². The topological polar surface area (TPSA) is 36.9 Å². The maximum atomic E-state index is 6.46. The maximum absolute atomic E-state index is 6.46. The second-order valence-electron chi connectivity index (χ2n) is 12.7. The van der Waals surface area contributed by atoms with E-state index in [0.29, 0.717) is 39.6 Å². The van der Waals surface area contributed by atoms with Crippen LogP contribution in [0.4, 0.5) is 0 Å². The maximum Gasteiger partial charge on any atom is 0.0736 e. The van der Waals surface area contributed by atoms with Crippen LogP contribution in [-0.4, -0.2) is 40.6 Å². The number of benzene rings is 6. The van der Waals surface area contributed by atoms with Gasteiger partial charge < -0.3 is 18.9 Å². The van der Waals surface area contributed by atoms with Crippen LogP contribution >= 0.6 is 11.3 Å². The van der Waals surface area contributed by atoms with E-state index in [0.717, 1.165) is 33.4 Å². The highest BCUT2D eigenvalue weighted by molar-refractivity contribution is 7.19. The van der Waals surface area contributed by atoms with Gasteiger partial charge >= 0.3 is 0 Å². The van der Waals surface area contributed by atoms with E-state index in [9.17, 15) is 0 Å². The molecule has 0 saturated carbocycles. The third-order valence-electron chi connectivity index (χ3n) is 9.40. The zero-order valence-corrected chi connectivity index (χ0v) is 31.1.